The van der Waals surface area contributed by atoms with Crippen LogP contribution < -0.4 is 5.69 Å². The SMILES string of the molecule is COC(=O)N1CCC(N2CCC(n3c(=O)n(S(=O)(=O)N(C)C)c4ccccc43)CC2)CC1. The number of hydrogen-bond donors (Lipinski definition) is 0. The summed E-state index contributed by atoms with van der Waals surface area (Å²) in [6.45, 7) is 3.04. The van der Waals surface area contributed by atoms with Gasteiger partial charge < -0.3 is 14.5 Å². The van der Waals surface area contributed by atoms with Crippen molar-refractivity contribution >= 4 is 27.3 Å². The van der Waals surface area contributed by atoms with Gasteiger partial charge in [-0.3, -0.25) is 4.57 Å². The molecular weight excluding hydrogens is 434 g/mol. The van der Waals surface area contributed by atoms with Gasteiger partial charge in [-0.2, -0.15) is 16.7 Å². The van der Waals surface area contributed by atoms with Crippen molar-refractivity contribution in [3.05, 3.63) is 34.7 Å². The van der Waals surface area contributed by atoms with Crippen LogP contribution in [0.5, 0.6) is 0 Å². The molecule has 2 aromatic rings. The highest BCUT2D eigenvalue weighted by molar-refractivity contribution is 7.87. The molecule has 2 aliphatic rings. The number of carbonyl (C=O) groups excluding carboxylic acids is 1. The maximum Gasteiger partial charge on any atom is 0.409 e. The number of hydrogen-bond acceptors (Lipinski definition) is 6. The van der Waals surface area contributed by atoms with E-state index in [0.717, 1.165) is 47.1 Å². The second-order valence-electron chi connectivity index (χ2n) is 8.65. The molecule has 0 bridgehead atoms. The Morgan fingerprint density at radius 3 is 2.09 bits per heavy atom. The molecule has 3 heterocycles. The minimum atomic E-state index is -3.93. The number of nitrogens with zero attached hydrogens (tertiary/aromatic N) is 5. The first kappa shape index (κ1) is 22.8. The molecule has 2 fully saturated rings. The molecule has 0 aliphatic carbocycles. The van der Waals surface area contributed by atoms with Crippen molar-refractivity contribution in [1.29, 1.82) is 0 Å². The number of fused-ring (bicyclic) bond motifs is 1. The number of methoxy groups -OCH3 is 1. The molecule has 0 saturated carbocycles. The molecule has 0 radical (unpaired) electrons. The Morgan fingerprint density at radius 2 is 1.53 bits per heavy atom. The standard InChI is InChI=1S/C21H31N5O5S/c1-22(2)32(29,30)26-19-7-5-4-6-18(19)25(20(26)27)17-10-12-23(13-11-17)16-8-14-24(15-9-16)21(28)31-3/h4-7,16-17H,8-15H2,1-3H3. The first-order valence-electron chi connectivity index (χ1n) is 11.0. The fraction of sp³-hybridized carbons (Fsp3) is 0.619. The molecule has 0 spiro atoms. The number of imidazole rings is 1. The average molecular weight is 466 g/mol. The second-order valence-corrected chi connectivity index (χ2v) is 10.6. The Morgan fingerprint density at radius 1 is 0.969 bits per heavy atom. The number of ether oxygens (including phenoxy) is 1. The largest absolute Gasteiger partial charge is 0.453 e. The third-order valence-corrected chi connectivity index (χ3v) is 8.45. The van der Waals surface area contributed by atoms with Crippen molar-refractivity contribution in [2.24, 2.45) is 0 Å². The van der Waals surface area contributed by atoms with Gasteiger partial charge in [0.05, 0.1) is 18.1 Å². The van der Waals surface area contributed by atoms with E-state index < -0.39 is 15.9 Å². The number of piperidine rings is 2. The molecule has 11 heteroatoms. The maximum absolute atomic E-state index is 13.3. The van der Waals surface area contributed by atoms with Gasteiger partial charge in [-0.15, -0.1) is 0 Å². The summed E-state index contributed by atoms with van der Waals surface area (Å²) in [4.78, 5) is 29.2. The molecule has 10 nitrogen and oxygen atoms in total. The lowest BCUT2D eigenvalue weighted by atomic mass is 9.97. The van der Waals surface area contributed by atoms with E-state index in [9.17, 15) is 18.0 Å². The molecule has 2 aliphatic heterocycles. The van der Waals surface area contributed by atoms with Gasteiger partial charge in [-0.05, 0) is 37.8 Å². The Kier molecular flexibility index (Phi) is 6.33. The summed E-state index contributed by atoms with van der Waals surface area (Å²) in [6, 6.07) is 7.42. The Balaban J connectivity index is 1.53. The third kappa shape index (κ3) is 3.93. The predicted molar refractivity (Wildman–Crippen MR) is 121 cm³/mol. The summed E-state index contributed by atoms with van der Waals surface area (Å²) in [5.74, 6) is 0. The zero-order valence-electron chi connectivity index (χ0n) is 18.8. The van der Waals surface area contributed by atoms with E-state index in [1.807, 2.05) is 12.1 Å². The third-order valence-electron chi connectivity index (χ3n) is 6.71. The van der Waals surface area contributed by atoms with E-state index in [1.54, 1.807) is 21.6 Å². The topological polar surface area (TPSA) is 97.1 Å². The number of aromatic nitrogens is 2. The van der Waals surface area contributed by atoms with Gasteiger partial charge >= 0.3 is 22.0 Å². The number of likely N-dealkylation sites (tertiary alicyclic amines) is 2. The highest BCUT2D eigenvalue weighted by Gasteiger charge is 2.33. The van der Waals surface area contributed by atoms with Crippen LogP contribution in [0, 0.1) is 0 Å². The minimum absolute atomic E-state index is 0.0579. The molecular formula is C21H31N5O5S. The van der Waals surface area contributed by atoms with Gasteiger partial charge in [0.1, 0.15) is 0 Å². The van der Waals surface area contributed by atoms with Crippen molar-refractivity contribution < 1.29 is 17.9 Å². The van der Waals surface area contributed by atoms with Crippen LogP contribution in [-0.2, 0) is 14.9 Å². The number of carbonyl (C=O) groups is 1. The van der Waals surface area contributed by atoms with E-state index in [2.05, 4.69) is 4.90 Å². The molecule has 0 unspecified atom stereocenters. The molecule has 1 aromatic carbocycles. The van der Waals surface area contributed by atoms with Gasteiger partial charge in [-0.25, -0.2) is 9.59 Å². The van der Waals surface area contributed by atoms with Crippen molar-refractivity contribution in [2.75, 3.05) is 47.4 Å². The normalized spacial score (nSPS) is 19.7. The molecule has 2 saturated heterocycles. The lowest BCUT2D eigenvalue weighted by Gasteiger charge is -2.41. The summed E-state index contributed by atoms with van der Waals surface area (Å²) < 4.78 is 34.1. The fourth-order valence-corrected chi connectivity index (χ4v) is 5.95. The van der Waals surface area contributed by atoms with Crippen LogP contribution in [0.2, 0.25) is 0 Å². The van der Waals surface area contributed by atoms with Gasteiger partial charge in [0, 0.05) is 52.4 Å². The molecule has 0 N–H and O–H groups in total. The first-order chi connectivity index (χ1) is 15.3. The molecule has 176 valence electrons. The summed E-state index contributed by atoms with van der Waals surface area (Å²) >= 11 is 0. The smallest absolute Gasteiger partial charge is 0.409 e. The summed E-state index contributed by atoms with van der Waals surface area (Å²) in [5.41, 5.74) is 0.543. The second kappa shape index (κ2) is 8.87. The van der Waals surface area contributed by atoms with Crippen molar-refractivity contribution in [2.45, 2.75) is 37.8 Å². The van der Waals surface area contributed by atoms with E-state index >= 15 is 0 Å². The highest BCUT2D eigenvalue weighted by Crippen LogP contribution is 2.29. The first-order valence-corrected chi connectivity index (χ1v) is 12.4. The average Bonchev–Trinajstić information content (AvgIpc) is 3.11. The fourth-order valence-electron chi connectivity index (χ4n) is 4.93. The van der Waals surface area contributed by atoms with Crippen LogP contribution in [0.1, 0.15) is 31.7 Å². The van der Waals surface area contributed by atoms with Crippen LogP contribution in [0.3, 0.4) is 0 Å². The summed E-state index contributed by atoms with van der Waals surface area (Å²) in [7, 11) is 0.331. The molecule has 32 heavy (non-hydrogen) atoms. The maximum atomic E-state index is 13.3. The van der Waals surface area contributed by atoms with E-state index in [4.69, 9.17) is 4.74 Å². The quantitative estimate of drug-likeness (QED) is 0.676. The van der Waals surface area contributed by atoms with Crippen LogP contribution >= 0.6 is 0 Å². The molecule has 4 rings (SSSR count). The van der Waals surface area contributed by atoms with Gasteiger partial charge in [0.25, 0.3) is 0 Å². The lowest BCUT2D eigenvalue weighted by molar-refractivity contribution is 0.0686. The number of benzene rings is 1. The number of para-hydroxylation sites is 2. The van der Waals surface area contributed by atoms with Crippen molar-refractivity contribution in [3.63, 3.8) is 0 Å². The Bertz CT molecular complexity index is 1140. The molecule has 1 amide bonds. The van der Waals surface area contributed by atoms with Crippen LogP contribution in [0.15, 0.2) is 29.1 Å². The van der Waals surface area contributed by atoms with Gasteiger partial charge in [-0.1, -0.05) is 12.1 Å². The highest BCUT2D eigenvalue weighted by atomic mass is 32.2. The van der Waals surface area contributed by atoms with E-state index in [0.29, 0.717) is 30.2 Å². The zero-order chi connectivity index (χ0) is 23.0. The van der Waals surface area contributed by atoms with Crippen LogP contribution in [0.4, 0.5) is 4.79 Å². The zero-order valence-corrected chi connectivity index (χ0v) is 19.6. The predicted octanol–water partition coefficient (Wildman–Crippen LogP) is 1.33. The van der Waals surface area contributed by atoms with Crippen LogP contribution in [-0.4, -0.2) is 90.6 Å². The summed E-state index contributed by atoms with van der Waals surface area (Å²) in [5, 5.41) is 0. The monoisotopic (exact) mass is 465 g/mol. The molecule has 0 atom stereocenters. The van der Waals surface area contributed by atoms with E-state index in [-0.39, 0.29) is 12.1 Å². The van der Waals surface area contributed by atoms with Gasteiger partial charge in [0.15, 0.2) is 0 Å². The Labute approximate surface area is 188 Å². The van der Waals surface area contributed by atoms with Crippen molar-refractivity contribution in [1.82, 2.24) is 22.6 Å². The number of amides is 1. The molecule has 1 aromatic heterocycles. The lowest BCUT2D eigenvalue weighted by Crippen LogP contribution is -2.49. The van der Waals surface area contributed by atoms with Crippen LogP contribution in [0.25, 0.3) is 11.0 Å². The van der Waals surface area contributed by atoms with Gasteiger partial charge in [0.2, 0.25) is 0 Å². The number of rotatable bonds is 4. The van der Waals surface area contributed by atoms with Crippen molar-refractivity contribution in [3.8, 4) is 0 Å². The Hall–Kier alpha value is -2.37. The van der Waals surface area contributed by atoms with E-state index in [1.165, 1.54) is 21.2 Å². The summed E-state index contributed by atoms with van der Waals surface area (Å²) in [6.07, 6.45) is 3.08. The minimum Gasteiger partial charge on any atom is -0.453 e.